The van der Waals surface area contributed by atoms with Gasteiger partial charge in [-0.15, -0.1) is 0 Å². The second-order valence-corrected chi connectivity index (χ2v) is 2.47. The van der Waals surface area contributed by atoms with E-state index in [0.29, 0.717) is 0 Å². The Balaban J connectivity index is 0.000001000. The van der Waals surface area contributed by atoms with Crippen molar-refractivity contribution in [2.45, 2.75) is 12.2 Å². The maximum Gasteiger partial charge on any atom is 1.00 e. The Morgan fingerprint density at radius 2 is 1.91 bits per heavy atom. The van der Waals surface area contributed by atoms with Crippen LogP contribution in [-0.2, 0) is 4.79 Å². The summed E-state index contributed by atoms with van der Waals surface area (Å²) in [7, 11) is 0. The van der Waals surface area contributed by atoms with E-state index in [1.54, 1.807) is 0 Å². The van der Waals surface area contributed by atoms with Crippen LogP contribution in [0.4, 0.5) is 12.9 Å². The molecule has 11 heavy (non-hydrogen) atoms. The van der Waals surface area contributed by atoms with Crippen LogP contribution in [0, 0.1) is 5.92 Å². The maximum absolute atomic E-state index is 11.7. The third-order valence-electron chi connectivity index (χ3n) is 1.64. The van der Waals surface area contributed by atoms with Gasteiger partial charge in [-0.05, 0) is 0 Å². The smallest absolute Gasteiger partial charge is 0.481 e. The van der Waals surface area contributed by atoms with E-state index in [0.717, 1.165) is 0 Å². The van der Waals surface area contributed by atoms with Crippen molar-refractivity contribution in [2.24, 2.45) is 5.92 Å². The molecule has 0 aromatic rings. The minimum Gasteiger partial charge on any atom is -0.481 e. The Labute approximate surface area is 104 Å². The zero-order valence-corrected chi connectivity index (χ0v) is 9.05. The van der Waals surface area contributed by atoms with Crippen molar-refractivity contribution in [1.82, 2.24) is 0 Å². The molecule has 1 aliphatic carbocycles. The number of aliphatic carboxylic acids is 1. The summed E-state index contributed by atoms with van der Waals surface area (Å²) in [5, 5.41) is 8.10. The van der Waals surface area contributed by atoms with Crippen molar-refractivity contribution in [3.63, 3.8) is 0 Å². The van der Waals surface area contributed by atoms with Gasteiger partial charge in [0.05, 0.1) is 0 Å². The van der Waals surface area contributed by atoms with Crippen LogP contribution in [0.15, 0.2) is 0 Å². The zero-order chi connectivity index (χ0) is 7.94. The number of halogens is 3. The van der Waals surface area contributed by atoms with Gasteiger partial charge in [-0.25, -0.2) is 0 Å². The fraction of sp³-hybridized carbons (Fsp3) is 0.750. The van der Waals surface area contributed by atoms with E-state index in [9.17, 15) is 17.7 Å². The Morgan fingerprint density at radius 3 is 2.00 bits per heavy atom. The molecule has 1 rings (SSSR count). The molecule has 0 radical (unpaired) electrons. The molecule has 0 heterocycles. The van der Waals surface area contributed by atoms with Gasteiger partial charge in [-0.3, -0.25) is 4.79 Å². The summed E-state index contributed by atoms with van der Waals surface area (Å²) < 4.78 is 35.0. The maximum atomic E-state index is 11.7. The average molecular weight is 192 g/mol. The molecule has 1 saturated carbocycles. The van der Waals surface area contributed by atoms with Crippen molar-refractivity contribution in [2.75, 3.05) is 0 Å². The summed E-state index contributed by atoms with van der Waals surface area (Å²) in [6.07, 6.45) is -0.223. The number of hydrogen-bond donors (Lipinski definition) is 1. The van der Waals surface area contributed by atoms with Crippen LogP contribution in [0.2, 0.25) is 5.82 Å². The first-order chi connectivity index (χ1) is 4.43. The van der Waals surface area contributed by atoms with Crippen LogP contribution in [0.1, 0.15) is 6.42 Å². The van der Waals surface area contributed by atoms with Crippen LogP contribution < -0.4 is 51.4 Å². The van der Waals surface area contributed by atoms with E-state index in [1.807, 2.05) is 0 Å². The molecule has 58 valence electrons. The van der Waals surface area contributed by atoms with Crippen molar-refractivity contribution in [3.8, 4) is 0 Å². The van der Waals surface area contributed by atoms with Gasteiger partial charge in [-0.1, -0.05) is 12.2 Å². The summed E-state index contributed by atoms with van der Waals surface area (Å²) in [4.78, 5) is 9.93. The summed E-state index contributed by atoms with van der Waals surface area (Å²) in [6.45, 7) is -4.91. The molecule has 7 heteroatoms. The topological polar surface area (TPSA) is 37.3 Å². The fourth-order valence-corrected chi connectivity index (χ4v) is 0.916. The standard InChI is InChI=1S/C4H5BF3O2.K/c6-5(7,8)3-1-2(3)4(9)10;/h2-3H,1H2,(H,9,10);/q-1;+1/t2-,3-;/m1./s1. The molecule has 0 bridgehead atoms. The molecule has 0 unspecified atom stereocenters. The molecular formula is C4H5BF3KO2. The minimum absolute atomic E-state index is 0. The first-order valence-corrected chi connectivity index (χ1v) is 2.85. The molecule has 0 aromatic carbocycles. The van der Waals surface area contributed by atoms with E-state index in [4.69, 9.17) is 5.11 Å². The first-order valence-electron chi connectivity index (χ1n) is 2.85. The summed E-state index contributed by atoms with van der Waals surface area (Å²) >= 11 is 0. The van der Waals surface area contributed by atoms with Gasteiger partial charge in [0.2, 0.25) is 0 Å². The average Bonchev–Trinajstić information content (AvgIpc) is 2.35. The van der Waals surface area contributed by atoms with E-state index >= 15 is 0 Å². The third kappa shape index (κ3) is 3.06. The first kappa shape index (κ1) is 12.0. The molecule has 0 saturated heterocycles. The fourth-order valence-electron chi connectivity index (χ4n) is 0.916. The summed E-state index contributed by atoms with van der Waals surface area (Å²) in [5.41, 5.74) is 0. The van der Waals surface area contributed by atoms with Crippen molar-refractivity contribution in [3.05, 3.63) is 0 Å². The zero-order valence-electron chi connectivity index (χ0n) is 5.93. The largest absolute Gasteiger partial charge is 1.00 e. The van der Waals surface area contributed by atoms with Crippen LogP contribution >= 0.6 is 0 Å². The minimum atomic E-state index is -4.91. The molecule has 2 atom stereocenters. The SMILES string of the molecule is O=C(O)[C@@H]1C[C@H]1[B-](F)(F)F.[K+]. The number of carbonyl (C=O) groups is 1. The van der Waals surface area contributed by atoms with Crippen molar-refractivity contribution >= 4 is 12.9 Å². The second kappa shape index (κ2) is 3.78. The molecule has 0 aromatic heterocycles. The molecule has 1 N–H and O–H groups in total. The van der Waals surface area contributed by atoms with Crippen LogP contribution in [0.25, 0.3) is 0 Å². The molecule has 0 aliphatic heterocycles. The van der Waals surface area contributed by atoms with Crippen LogP contribution in [-0.4, -0.2) is 18.1 Å². The van der Waals surface area contributed by atoms with Crippen LogP contribution in [0.5, 0.6) is 0 Å². The van der Waals surface area contributed by atoms with Gasteiger partial charge < -0.3 is 18.1 Å². The Morgan fingerprint density at radius 1 is 1.45 bits per heavy atom. The van der Waals surface area contributed by atoms with Crippen LogP contribution in [0.3, 0.4) is 0 Å². The van der Waals surface area contributed by atoms with E-state index in [1.165, 1.54) is 0 Å². The molecule has 1 fully saturated rings. The summed E-state index contributed by atoms with van der Waals surface area (Å²) in [6, 6.07) is 0. The Hall–Kier alpha value is 0.961. The molecular weight excluding hydrogens is 187 g/mol. The molecule has 0 spiro atoms. The molecule has 0 amide bonds. The van der Waals surface area contributed by atoms with Gasteiger partial charge >= 0.3 is 64.3 Å². The molecule has 1 aliphatic rings. The van der Waals surface area contributed by atoms with E-state index in [-0.39, 0.29) is 57.8 Å². The number of carboxylic acids is 1. The third-order valence-corrected chi connectivity index (χ3v) is 1.64. The molecule has 2 nitrogen and oxygen atoms in total. The second-order valence-electron chi connectivity index (χ2n) is 2.47. The van der Waals surface area contributed by atoms with Crippen molar-refractivity contribution < 1.29 is 74.2 Å². The van der Waals surface area contributed by atoms with Gasteiger partial charge in [0.15, 0.2) is 0 Å². The predicted molar refractivity (Wildman–Crippen MR) is 28.6 cm³/mol. The number of hydrogen-bond acceptors (Lipinski definition) is 1. The quantitative estimate of drug-likeness (QED) is 0.530. The van der Waals surface area contributed by atoms with E-state index < -0.39 is 24.7 Å². The Kier molecular flexibility index (Phi) is 4.11. The Bertz CT molecular complexity index is 171. The van der Waals surface area contributed by atoms with Gasteiger partial charge in [0.1, 0.15) is 0 Å². The monoisotopic (exact) mass is 192 g/mol. The number of rotatable bonds is 2. The normalized spacial score (nSPS) is 29.0. The van der Waals surface area contributed by atoms with E-state index in [2.05, 4.69) is 0 Å². The number of carboxylic acid groups (broad SMARTS) is 1. The van der Waals surface area contributed by atoms with Crippen molar-refractivity contribution in [1.29, 1.82) is 0 Å². The predicted octanol–water partition coefficient (Wildman–Crippen LogP) is -1.69. The van der Waals surface area contributed by atoms with Gasteiger partial charge in [0, 0.05) is 5.92 Å². The van der Waals surface area contributed by atoms with Gasteiger partial charge in [-0.2, -0.15) is 0 Å². The summed E-state index contributed by atoms with van der Waals surface area (Å²) in [5.74, 6) is -4.01. The van der Waals surface area contributed by atoms with Gasteiger partial charge in [0.25, 0.3) is 0 Å².